The Labute approximate surface area is 179 Å². The second-order valence-corrected chi connectivity index (χ2v) is 9.30. The maximum absolute atomic E-state index is 12.1. The summed E-state index contributed by atoms with van der Waals surface area (Å²) in [7, 11) is 0. The fraction of sp³-hybridized carbons (Fsp3) is 0.619. The number of nitrogens with one attached hydrogen (secondary N) is 1. The number of aromatic nitrogens is 3. The zero-order valence-corrected chi connectivity index (χ0v) is 18.1. The molecule has 1 N–H and O–H groups in total. The van der Waals surface area contributed by atoms with Crippen molar-refractivity contribution >= 4 is 28.3 Å². The quantitative estimate of drug-likeness (QED) is 0.720. The van der Waals surface area contributed by atoms with Gasteiger partial charge in [0, 0.05) is 12.8 Å². The Kier molecular flexibility index (Phi) is 5.00. The fourth-order valence-corrected chi connectivity index (χ4v) is 5.52. The van der Waals surface area contributed by atoms with Crippen LogP contribution in [0.5, 0.6) is 5.75 Å². The minimum absolute atomic E-state index is 0.0166. The van der Waals surface area contributed by atoms with Crippen LogP contribution in [0.3, 0.4) is 0 Å². The highest BCUT2D eigenvalue weighted by atomic mass is 32.1. The molecule has 2 saturated carbocycles. The minimum atomic E-state index is -0.133. The highest BCUT2D eigenvalue weighted by Crippen LogP contribution is 2.52. The van der Waals surface area contributed by atoms with Crippen molar-refractivity contribution in [2.45, 2.75) is 70.9 Å². The number of carbonyl (C=O) groups excluding carboxylic acids is 2. The van der Waals surface area contributed by atoms with Crippen LogP contribution in [0, 0.1) is 5.92 Å². The van der Waals surface area contributed by atoms with Gasteiger partial charge in [0.15, 0.2) is 10.9 Å². The number of anilines is 1. The lowest BCUT2D eigenvalue weighted by Crippen LogP contribution is -2.26. The molecule has 0 radical (unpaired) electrons. The van der Waals surface area contributed by atoms with Gasteiger partial charge in [-0.3, -0.25) is 14.3 Å². The van der Waals surface area contributed by atoms with Crippen LogP contribution in [0.4, 0.5) is 5.13 Å². The predicted molar refractivity (Wildman–Crippen MR) is 112 cm³/mol. The number of hydrogen-bond donors (Lipinski definition) is 1. The summed E-state index contributed by atoms with van der Waals surface area (Å²) in [4.78, 5) is 29.2. The molecule has 0 bridgehead atoms. The predicted octanol–water partition coefficient (Wildman–Crippen LogP) is 4.03. The second kappa shape index (κ2) is 7.68. The highest BCUT2D eigenvalue weighted by Gasteiger charge is 2.39. The number of amides is 1. The molecule has 2 fully saturated rings. The van der Waals surface area contributed by atoms with E-state index in [9.17, 15) is 9.59 Å². The summed E-state index contributed by atoms with van der Waals surface area (Å²) in [5, 5.41) is 8.41. The van der Waals surface area contributed by atoms with Gasteiger partial charge in [-0.1, -0.05) is 11.3 Å². The van der Waals surface area contributed by atoms with Gasteiger partial charge in [-0.2, -0.15) is 5.10 Å². The van der Waals surface area contributed by atoms with Gasteiger partial charge in [-0.15, -0.1) is 0 Å². The molecule has 160 valence electrons. The molecule has 0 saturated heterocycles. The first-order valence-electron chi connectivity index (χ1n) is 10.7. The summed E-state index contributed by atoms with van der Waals surface area (Å²) in [6, 6.07) is 0.220. The third-order valence-corrected chi connectivity index (χ3v) is 7.09. The standard InChI is InChI=1S/C21H26N4O4S/c1-3-28-20(27)13-6-8-14(9-7-13)25-17-18(16(24-25)12-4-5-12)29-10-15-19(17)30-21(23-15)22-11(2)26/h12-14H,3-10H2,1-2H3,(H,22,23,26)/t13-,14-. The largest absolute Gasteiger partial charge is 0.483 e. The summed E-state index contributed by atoms with van der Waals surface area (Å²) in [6.07, 6.45) is 5.68. The Balaban J connectivity index is 1.46. The van der Waals surface area contributed by atoms with Gasteiger partial charge in [0.2, 0.25) is 5.91 Å². The minimum Gasteiger partial charge on any atom is -0.483 e. The molecular weight excluding hydrogens is 404 g/mol. The van der Waals surface area contributed by atoms with Crippen molar-refractivity contribution in [1.29, 1.82) is 0 Å². The van der Waals surface area contributed by atoms with Gasteiger partial charge in [-0.25, -0.2) is 4.98 Å². The number of thiazole rings is 1. The molecule has 8 nitrogen and oxygen atoms in total. The number of nitrogens with zero attached hydrogens (tertiary/aromatic N) is 3. The summed E-state index contributed by atoms with van der Waals surface area (Å²) < 4.78 is 13.5. The molecule has 0 atom stereocenters. The van der Waals surface area contributed by atoms with Crippen LogP contribution in [-0.4, -0.2) is 33.2 Å². The molecule has 1 amide bonds. The van der Waals surface area contributed by atoms with Crippen molar-refractivity contribution in [1.82, 2.24) is 14.8 Å². The van der Waals surface area contributed by atoms with Crippen LogP contribution < -0.4 is 10.1 Å². The van der Waals surface area contributed by atoms with E-state index in [1.165, 1.54) is 18.3 Å². The van der Waals surface area contributed by atoms with Crippen LogP contribution in [0.25, 0.3) is 10.6 Å². The maximum atomic E-state index is 12.1. The average molecular weight is 431 g/mol. The van der Waals surface area contributed by atoms with Crippen LogP contribution in [0.2, 0.25) is 0 Å². The Morgan fingerprint density at radius 3 is 2.67 bits per heavy atom. The lowest BCUT2D eigenvalue weighted by atomic mass is 9.86. The number of fused-ring (bicyclic) bond motifs is 3. The number of esters is 1. The van der Waals surface area contributed by atoms with Gasteiger partial charge in [0.05, 0.1) is 23.4 Å². The number of carbonyl (C=O) groups is 2. The molecule has 30 heavy (non-hydrogen) atoms. The van der Waals surface area contributed by atoms with Crippen molar-refractivity contribution in [2.75, 3.05) is 11.9 Å². The van der Waals surface area contributed by atoms with Crippen molar-refractivity contribution in [3.8, 4) is 16.3 Å². The molecule has 0 spiro atoms. The lowest BCUT2D eigenvalue weighted by molar-refractivity contribution is -0.149. The first-order valence-corrected chi connectivity index (χ1v) is 11.6. The van der Waals surface area contributed by atoms with E-state index in [1.807, 2.05) is 6.92 Å². The van der Waals surface area contributed by atoms with E-state index in [1.54, 1.807) is 0 Å². The van der Waals surface area contributed by atoms with Gasteiger partial charge < -0.3 is 14.8 Å². The molecule has 3 heterocycles. The summed E-state index contributed by atoms with van der Waals surface area (Å²) >= 11 is 1.48. The smallest absolute Gasteiger partial charge is 0.308 e. The van der Waals surface area contributed by atoms with Gasteiger partial charge in [-0.05, 0) is 45.4 Å². The molecule has 3 aliphatic rings. The maximum Gasteiger partial charge on any atom is 0.308 e. The lowest BCUT2D eigenvalue weighted by Gasteiger charge is -2.28. The molecule has 5 rings (SSSR count). The third-order valence-electron chi connectivity index (χ3n) is 6.07. The number of rotatable bonds is 5. The van der Waals surface area contributed by atoms with E-state index in [4.69, 9.17) is 14.6 Å². The zero-order valence-electron chi connectivity index (χ0n) is 17.3. The normalized spacial score (nSPS) is 22.6. The Bertz CT molecular complexity index is 986. The van der Waals surface area contributed by atoms with E-state index >= 15 is 0 Å². The topological polar surface area (TPSA) is 95.3 Å². The fourth-order valence-electron chi connectivity index (χ4n) is 4.47. The molecule has 1 aliphatic heterocycles. The molecule has 2 aromatic rings. The molecule has 0 aromatic carbocycles. The van der Waals surface area contributed by atoms with E-state index in [0.29, 0.717) is 24.3 Å². The SMILES string of the molecule is CCOC(=O)[C@H]1CC[C@H](n2nc(C3CC3)c3c2-c2sc(NC(C)=O)nc2CO3)CC1. The van der Waals surface area contributed by atoms with Crippen LogP contribution in [-0.2, 0) is 20.9 Å². The monoisotopic (exact) mass is 430 g/mol. The third kappa shape index (κ3) is 3.49. The van der Waals surface area contributed by atoms with Gasteiger partial charge in [0.25, 0.3) is 0 Å². The Morgan fingerprint density at radius 2 is 2.00 bits per heavy atom. The number of hydrogen-bond acceptors (Lipinski definition) is 7. The Morgan fingerprint density at radius 1 is 1.23 bits per heavy atom. The number of ether oxygens (including phenoxy) is 2. The van der Waals surface area contributed by atoms with E-state index in [2.05, 4.69) is 15.0 Å². The van der Waals surface area contributed by atoms with Gasteiger partial charge >= 0.3 is 5.97 Å². The van der Waals surface area contributed by atoms with Crippen molar-refractivity contribution < 1.29 is 19.1 Å². The van der Waals surface area contributed by atoms with Crippen LogP contribution >= 0.6 is 11.3 Å². The Hall–Kier alpha value is -2.42. The van der Waals surface area contributed by atoms with E-state index in [0.717, 1.165) is 66.2 Å². The first-order chi connectivity index (χ1) is 14.5. The molecule has 0 unspecified atom stereocenters. The van der Waals surface area contributed by atoms with Crippen molar-refractivity contribution in [3.63, 3.8) is 0 Å². The van der Waals surface area contributed by atoms with E-state index in [-0.39, 0.29) is 23.8 Å². The molecule has 9 heteroatoms. The van der Waals surface area contributed by atoms with E-state index < -0.39 is 0 Å². The van der Waals surface area contributed by atoms with Crippen molar-refractivity contribution in [2.24, 2.45) is 5.92 Å². The molecule has 2 aliphatic carbocycles. The first kappa shape index (κ1) is 19.5. The second-order valence-electron chi connectivity index (χ2n) is 8.30. The summed E-state index contributed by atoms with van der Waals surface area (Å²) in [6.45, 7) is 4.17. The van der Waals surface area contributed by atoms with Crippen molar-refractivity contribution in [3.05, 3.63) is 11.4 Å². The zero-order chi connectivity index (χ0) is 20.8. The summed E-state index contributed by atoms with van der Waals surface area (Å²) in [5.41, 5.74) is 2.89. The highest BCUT2D eigenvalue weighted by molar-refractivity contribution is 7.19. The summed E-state index contributed by atoms with van der Waals surface area (Å²) in [5.74, 6) is 1.13. The van der Waals surface area contributed by atoms with Crippen LogP contribution in [0.1, 0.15) is 75.7 Å². The van der Waals surface area contributed by atoms with Crippen LogP contribution in [0.15, 0.2) is 0 Å². The van der Waals surface area contributed by atoms with Gasteiger partial charge in [0.1, 0.15) is 23.7 Å². The molecule has 2 aromatic heterocycles. The molecular formula is C21H26N4O4S. The average Bonchev–Trinajstić information content (AvgIpc) is 3.37.